The van der Waals surface area contributed by atoms with Crippen molar-refractivity contribution in [2.24, 2.45) is 0 Å². The summed E-state index contributed by atoms with van der Waals surface area (Å²) in [5, 5.41) is 14.2. The Labute approximate surface area is 98.4 Å². The molecule has 0 aliphatic heterocycles. The largest absolute Gasteiger partial charge is 0.494 e. The Bertz CT molecular complexity index is 229. The minimum absolute atomic E-state index is 0.750. The second kappa shape index (κ2) is 12.1. The molecule has 16 heavy (non-hydrogen) atoms. The van der Waals surface area contributed by atoms with Crippen molar-refractivity contribution in [3.05, 3.63) is 30.3 Å². The Morgan fingerprint density at radius 2 is 1.69 bits per heavy atom. The first-order valence-corrected chi connectivity index (χ1v) is 5.74. The monoisotopic (exact) mass is 224 g/mol. The molecule has 0 amide bonds. The lowest BCUT2D eigenvalue weighted by Gasteiger charge is -2.04. The predicted molar refractivity (Wildman–Crippen MR) is 67.7 cm³/mol. The molecule has 0 saturated carbocycles. The highest BCUT2D eigenvalue weighted by Gasteiger charge is 1.90. The van der Waals surface area contributed by atoms with Crippen molar-refractivity contribution in [1.82, 2.24) is 0 Å². The van der Waals surface area contributed by atoms with Gasteiger partial charge in [0.15, 0.2) is 0 Å². The van der Waals surface area contributed by atoms with E-state index in [2.05, 4.69) is 6.92 Å². The van der Waals surface area contributed by atoms with Gasteiger partial charge in [-0.05, 0) is 18.6 Å². The zero-order valence-corrected chi connectivity index (χ0v) is 9.93. The van der Waals surface area contributed by atoms with Crippen molar-refractivity contribution in [3.8, 4) is 5.75 Å². The van der Waals surface area contributed by atoms with Gasteiger partial charge in [0.25, 0.3) is 0 Å². The number of unbranched alkanes of at least 4 members (excludes halogenated alkanes) is 3. The fraction of sp³-hybridized carbons (Fsp3) is 0.500. The van der Waals surface area contributed by atoms with Crippen LogP contribution in [-0.2, 0) is 0 Å². The molecule has 1 rings (SSSR count). The number of ether oxygens (including phenoxy) is 1. The molecule has 0 aliphatic carbocycles. The lowest BCUT2D eigenvalue weighted by Crippen LogP contribution is -1.96. The Hall–Kier alpha value is -0.995. The van der Waals surface area contributed by atoms with Crippen LogP contribution < -0.4 is 4.74 Å². The fourth-order valence-corrected chi connectivity index (χ4v) is 1.24. The highest BCUT2D eigenvalue weighted by Crippen LogP contribution is 2.09. The van der Waals surface area contributed by atoms with Crippen LogP contribution in [0.4, 0.5) is 0 Å². The smallest absolute Gasteiger partial charge is 0.432 e. The zero-order valence-electron chi connectivity index (χ0n) is 9.93. The topological polar surface area (TPSA) is 49.7 Å². The van der Waals surface area contributed by atoms with Crippen molar-refractivity contribution in [2.45, 2.75) is 32.6 Å². The summed E-state index contributed by atoms with van der Waals surface area (Å²) in [6.45, 7) is 3.07. The van der Waals surface area contributed by atoms with Crippen LogP contribution in [0, 0.1) is 0 Å². The maximum atomic E-state index is 7.12. The second-order valence-corrected chi connectivity index (χ2v) is 3.36. The van der Waals surface area contributed by atoms with E-state index >= 15 is 0 Å². The van der Waals surface area contributed by atoms with Crippen LogP contribution in [0.5, 0.6) is 5.75 Å². The minimum Gasteiger partial charge on any atom is -0.494 e. The summed E-state index contributed by atoms with van der Waals surface area (Å²) in [5.74, 6) is 0.985. The Morgan fingerprint density at radius 3 is 2.25 bits per heavy atom. The number of benzene rings is 1. The molecule has 0 spiro atoms. The lowest BCUT2D eigenvalue weighted by molar-refractivity contribution is 0.305. The number of para-hydroxylation sites is 1. The van der Waals surface area contributed by atoms with Gasteiger partial charge in [0.1, 0.15) is 5.75 Å². The van der Waals surface area contributed by atoms with Crippen LogP contribution in [0.25, 0.3) is 0 Å². The maximum Gasteiger partial charge on any atom is 0.432 e. The summed E-state index contributed by atoms with van der Waals surface area (Å²) in [6.07, 6.45) is 5.05. The van der Waals surface area contributed by atoms with Crippen molar-refractivity contribution < 1.29 is 14.8 Å². The van der Waals surface area contributed by atoms with E-state index in [0.717, 1.165) is 12.4 Å². The summed E-state index contributed by atoms with van der Waals surface area (Å²) in [4.78, 5) is 0. The van der Waals surface area contributed by atoms with Gasteiger partial charge in [-0.2, -0.15) is 0 Å². The molecule has 0 aliphatic rings. The molecule has 3 nitrogen and oxygen atoms in total. The van der Waals surface area contributed by atoms with Gasteiger partial charge >= 0.3 is 7.69 Å². The summed E-state index contributed by atoms with van der Waals surface area (Å²) >= 11 is 0. The lowest BCUT2D eigenvalue weighted by atomic mass is 10.2. The summed E-state index contributed by atoms with van der Waals surface area (Å²) < 4.78 is 5.55. The van der Waals surface area contributed by atoms with E-state index in [1.807, 2.05) is 30.3 Å². The number of hydrogen-bond donors (Lipinski definition) is 2. The van der Waals surface area contributed by atoms with Crippen molar-refractivity contribution >= 4 is 7.69 Å². The second-order valence-electron chi connectivity index (χ2n) is 3.36. The standard InChI is InChI=1S/C12H18O.BH3O2/c1-2-3-4-8-11-13-12-9-6-5-7-10-12;2-1-3/h5-7,9-10H,2-4,8,11H2,1H3;1-3H. The van der Waals surface area contributed by atoms with Crippen LogP contribution in [0.1, 0.15) is 32.6 Å². The van der Waals surface area contributed by atoms with Crippen molar-refractivity contribution in [1.29, 1.82) is 0 Å². The Morgan fingerprint density at radius 1 is 1.06 bits per heavy atom. The molecule has 0 fully saturated rings. The van der Waals surface area contributed by atoms with E-state index in [1.54, 1.807) is 0 Å². The van der Waals surface area contributed by atoms with E-state index in [1.165, 1.54) is 25.7 Å². The summed E-state index contributed by atoms with van der Waals surface area (Å²) in [6, 6.07) is 10.0. The number of hydrogen-bond acceptors (Lipinski definition) is 3. The van der Waals surface area contributed by atoms with Gasteiger partial charge in [0.05, 0.1) is 6.61 Å². The maximum absolute atomic E-state index is 7.12. The average molecular weight is 224 g/mol. The number of rotatable bonds is 6. The molecular weight excluding hydrogens is 203 g/mol. The SMILES string of the molecule is CCCCCCOc1ccccc1.OBO. The molecule has 1 aromatic rings. The highest BCUT2D eigenvalue weighted by molar-refractivity contribution is 6.13. The third-order valence-corrected chi connectivity index (χ3v) is 2.01. The van der Waals surface area contributed by atoms with E-state index in [4.69, 9.17) is 14.8 Å². The average Bonchev–Trinajstić information content (AvgIpc) is 2.31. The molecule has 0 atom stereocenters. The van der Waals surface area contributed by atoms with E-state index in [0.29, 0.717) is 0 Å². The van der Waals surface area contributed by atoms with Crippen LogP contribution in [0.3, 0.4) is 0 Å². The molecule has 4 heteroatoms. The van der Waals surface area contributed by atoms with Gasteiger partial charge in [-0.1, -0.05) is 44.4 Å². The van der Waals surface area contributed by atoms with Gasteiger partial charge in [-0.25, -0.2) is 0 Å². The van der Waals surface area contributed by atoms with E-state index in [9.17, 15) is 0 Å². The molecule has 0 heterocycles. The molecule has 2 N–H and O–H groups in total. The first-order chi connectivity index (χ1) is 7.85. The molecule has 90 valence electrons. The van der Waals surface area contributed by atoms with Crippen LogP contribution >= 0.6 is 0 Å². The predicted octanol–water partition coefficient (Wildman–Crippen LogP) is 1.88. The van der Waals surface area contributed by atoms with Gasteiger partial charge in [-0.3, -0.25) is 0 Å². The van der Waals surface area contributed by atoms with Gasteiger partial charge in [-0.15, -0.1) is 0 Å². The van der Waals surface area contributed by atoms with Crippen LogP contribution in [0.2, 0.25) is 0 Å². The first-order valence-electron chi connectivity index (χ1n) is 5.74. The Balaban J connectivity index is 0.000000673. The third-order valence-electron chi connectivity index (χ3n) is 2.01. The normalized spacial score (nSPS) is 8.94. The van der Waals surface area contributed by atoms with E-state index in [-0.39, 0.29) is 0 Å². The van der Waals surface area contributed by atoms with Crippen LogP contribution in [-0.4, -0.2) is 24.3 Å². The summed E-state index contributed by atoms with van der Waals surface area (Å²) in [7, 11) is -0.750. The minimum atomic E-state index is -0.750. The summed E-state index contributed by atoms with van der Waals surface area (Å²) in [5.41, 5.74) is 0. The fourth-order valence-electron chi connectivity index (χ4n) is 1.24. The quantitative estimate of drug-likeness (QED) is 0.573. The molecule has 0 saturated heterocycles. The third kappa shape index (κ3) is 9.56. The van der Waals surface area contributed by atoms with Crippen molar-refractivity contribution in [2.75, 3.05) is 6.61 Å². The molecular formula is C12H21BO3. The molecule has 0 aromatic heterocycles. The van der Waals surface area contributed by atoms with E-state index < -0.39 is 7.69 Å². The van der Waals surface area contributed by atoms with Gasteiger partial charge < -0.3 is 14.8 Å². The first kappa shape index (κ1) is 15.0. The van der Waals surface area contributed by atoms with Crippen molar-refractivity contribution in [3.63, 3.8) is 0 Å². The van der Waals surface area contributed by atoms with Gasteiger partial charge in [0.2, 0.25) is 0 Å². The molecule has 0 radical (unpaired) electrons. The van der Waals surface area contributed by atoms with Gasteiger partial charge in [0, 0.05) is 0 Å². The molecule has 1 aromatic carbocycles. The highest BCUT2D eigenvalue weighted by atomic mass is 16.5. The molecule has 0 bridgehead atoms. The zero-order chi connectivity index (χ0) is 12.1. The molecule has 0 unspecified atom stereocenters. The van der Waals surface area contributed by atoms with Crippen LogP contribution in [0.15, 0.2) is 30.3 Å². The Kier molecular flexibility index (Phi) is 11.3.